The second kappa shape index (κ2) is 4.43. The Morgan fingerprint density at radius 2 is 2.56 bits per heavy atom. The Morgan fingerprint density at radius 1 is 1.69 bits per heavy atom. The van der Waals surface area contributed by atoms with Crippen molar-refractivity contribution in [2.75, 3.05) is 25.1 Å². The number of hydrogen-bond acceptors (Lipinski definition) is 6. The van der Waals surface area contributed by atoms with Gasteiger partial charge in [-0.2, -0.15) is 10.4 Å². The maximum Gasteiger partial charge on any atom is 0.166 e. The fourth-order valence-electron chi connectivity index (χ4n) is 1.54. The van der Waals surface area contributed by atoms with Gasteiger partial charge in [-0.25, -0.2) is 0 Å². The molecule has 1 aromatic heterocycles. The van der Waals surface area contributed by atoms with Crippen LogP contribution in [-0.4, -0.2) is 40.7 Å². The number of aliphatic hydroxyl groups is 1. The van der Waals surface area contributed by atoms with E-state index in [-0.39, 0.29) is 0 Å². The van der Waals surface area contributed by atoms with Gasteiger partial charge < -0.3 is 15.2 Å². The first-order valence-corrected chi connectivity index (χ1v) is 4.99. The van der Waals surface area contributed by atoms with Crippen LogP contribution in [0, 0.1) is 11.3 Å². The first kappa shape index (κ1) is 10.8. The van der Waals surface area contributed by atoms with E-state index < -0.39 is 5.60 Å². The van der Waals surface area contributed by atoms with Crippen LogP contribution in [0.15, 0.2) is 12.3 Å². The third kappa shape index (κ3) is 2.27. The Morgan fingerprint density at radius 3 is 3.25 bits per heavy atom. The van der Waals surface area contributed by atoms with E-state index in [0.717, 1.165) is 0 Å². The minimum absolute atomic E-state index is 0.306. The monoisotopic (exact) mass is 220 g/mol. The molecule has 1 aliphatic heterocycles. The highest BCUT2D eigenvalue weighted by Crippen LogP contribution is 2.19. The van der Waals surface area contributed by atoms with Gasteiger partial charge in [-0.15, -0.1) is 5.10 Å². The number of rotatable bonds is 3. The Bertz CT molecular complexity index is 410. The average Bonchev–Trinajstić information content (AvgIpc) is 2.74. The number of nitriles is 1. The predicted molar refractivity (Wildman–Crippen MR) is 55.6 cm³/mol. The first-order valence-electron chi connectivity index (χ1n) is 4.99. The molecule has 0 amide bonds. The van der Waals surface area contributed by atoms with Gasteiger partial charge in [0.1, 0.15) is 11.7 Å². The quantitative estimate of drug-likeness (QED) is 0.739. The van der Waals surface area contributed by atoms with Gasteiger partial charge in [-0.05, 0) is 6.07 Å². The molecule has 1 saturated heterocycles. The van der Waals surface area contributed by atoms with Crippen molar-refractivity contribution in [3.63, 3.8) is 0 Å². The molecule has 1 aromatic rings. The molecule has 0 aliphatic carbocycles. The van der Waals surface area contributed by atoms with E-state index in [1.807, 2.05) is 6.07 Å². The lowest BCUT2D eigenvalue weighted by Gasteiger charge is -2.20. The first-order chi connectivity index (χ1) is 7.73. The molecule has 0 spiro atoms. The van der Waals surface area contributed by atoms with Crippen molar-refractivity contribution in [2.24, 2.45) is 0 Å². The van der Waals surface area contributed by atoms with E-state index in [1.165, 1.54) is 6.20 Å². The molecule has 1 atom stereocenters. The zero-order valence-electron chi connectivity index (χ0n) is 8.68. The SMILES string of the molecule is N#Cc1ccnnc1NCC1(O)CCOC1. The molecule has 1 fully saturated rings. The van der Waals surface area contributed by atoms with Crippen molar-refractivity contribution in [3.8, 4) is 6.07 Å². The Labute approximate surface area is 92.9 Å². The molecule has 0 bridgehead atoms. The minimum atomic E-state index is -0.871. The predicted octanol–water partition coefficient (Wildman–Crippen LogP) is -0.0884. The number of nitrogens with one attached hydrogen (secondary N) is 1. The fourth-order valence-corrected chi connectivity index (χ4v) is 1.54. The summed E-state index contributed by atoms with van der Waals surface area (Å²) in [6, 6.07) is 3.58. The molecule has 0 saturated carbocycles. The topological polar surface area (TPSA) is 91.1 Å². The molecule has 1 aliphatic rings. The molecule has 84 valence electrons. The molecule has 6 heteroatoms. The highest BCUT2D eigenvalue weighted by molar-refractivity contribution is 5.50. The maximum absolute atomic E-state index is 10.00. The van der Waals surface area contributed by atoms with Gasteiger partial charge in [-0.3, -0.25) is 0 Å². The summed E-state index contributed by atoms with van der Waals surface area (Å²) in [5.74, 6) is 0.394. The summed E-state index contributed by atoms with van der Waals surface area (Å²) >= 11 is 0. The molecular formula is C10H12N4O2. The molecule has 0 aromatic carbocycles. The number of aromatic nitrogens is 2. The van der Waals surface area contributed by atoms with Crippen LogP contribution in [0.2, 0.25) is 0 Å². The van der Waals surface area contributed by atoms with Crippen molar-refractivity contribution in [1.29, 1.82) is 5.26 Å². The van der Waals surface area contributed by atoms with Crippen LogP contribution in [0.1, 0.15) is 12.0 Å². The smallest absolute Gasteiger partial charge is 0.166 e. The van der Waals surface area contributed by atoms with Crippen LogP contribution in [0.5, 0.6) is 0 Å². The average molecular weight is 220 g/mol. The Kier molecular flexibility index (Phi) is 2.99. The van der Waals surface area contributed by atoms with E-state index in [9.17, 15) is 5.11 Å². The van der Waals surface area contributed by atoms with Gasteiger partial charge in [0.25, 0.3) is 0 Å². The normalized spacial score (nSPS) is 24.0. The minimum Gasteiger partial charge on any atom is -0.386 e. The molecular weight excluding hydrogens is 208 g/mol. The third-order valence-electron chi connectivity index (χ3n) is 2.51. The lowest BCUT2D eigenvalue weighted by atomic mass is 10.0. The highest BCUT2D eigenvalue weighted by Gasteiger charge is 2.32. The Hall–Kier alpha value is -1.71. The zero-order valence-corrected chi connectivity index (χ0v) is 8.68. The van der Waals surface area contributed by atoms with Crippen molar-refractivity contribution >= 4 is 5.82 Å². The number of anilines is 1. The van der Waals surface area contributed by atoms with E-state index >= 15 is 0 Å². The summed E-state index contributed by atoms with van der Waals surface area (Å²) in [6.45, 7) is 1.17. The summed E-state index contributed by atoms with van der Waals surface area (Å²) in [5.41, 5.74) is -0.456. The van der Waals surface area contributed by atoms with E-state index in [4.69, 9.17) is 10.00 Å². The molecule has 2 heterocycles. The van der Waals surface area contributed by atoms with E-state index in [2.05, 4.69) is 15.5 Å². The van der Waals surface area contributed by atoms with Crippen molar-refractivity contribution in [1.82, 2.24) is 10.2 Å². The van der Waals surface area contributed by atoms with Crippen LogP contribution in [-0.2, 0) is 4.74 Å². The van der Waals surface area contributed by atoms with Gasteiger partial charge in [0.2, 0.25) is 0 Å². The van der Waals surface area contributed by atoms with Gasteiger partial charge in [0.15, 0.2) is 5.82 Å². The second-order valence-electron chi connectivity index (χ2n) is 3.79. The lowest BCUT2D eigenvalue weighted by Crippen LogP contribution is -2.37. The zero-order chi connectivity index (χ0) is 11.4. The molecule has 2 N–H and O–H groups in total. The summed E-state index contributed by atoms with van der Waals surface area (Å²) in [4.78, 5) is 0. The van der Waals surface area contributed by atoms with Crippen LogP contribution in [0.3, 0.4) is 0 Å². The molecule has 6 nitrogen and oxygen atoms in total. The van der Waals surface area contributed by atoms with Crippen LogP contribution >= 0.6 is 0 Å². The fraction of sp³-hybridized carbons (Fsp3) is 0.500. The third-order valence-corrected chi connectivity index (χ3v) is 2.51. The summed E-state index contributed by atoms with van der Waals surface area (Å²) in [6.07, 6.45) is 2.04. The van der Waals surface area contributed by atoms with Gasteiger partial charge in [0.05, 0.1) is 18.4 Å². The van der Waals surface area contributed by atoms with Gasteiger partial charge >= 0.3 is 0 Å². The molecule has 2 rings (SSSR count). The summed E-state index contributed by atoms with van der Waals surface area (Å²) < 4.78 is 5.11. The van der Waals surface area contributed by atoms with Crippen LogP contribution < -0.4 is 5.32 Å². The van der Waals surface area contributed by atoms with Gasteiger partial charge in [0, 0.05) is 19.6 Å². The molecule has 16 heavy (non-hydrogen) atoms. The standard InChI is InChI=1S/C10H12N4O2/c11-5-8-1-3-13-14-9(8)12-6-10(15)2-4-16-7-10/h1,3,15H,2,4,6-7H2,(H,12,14). The Balaban J connectivity index is 2.02. The van der Waals surface area contributed by atoms with Crippen molar-refractivity contribution in [2.45, 2.75) is 12.0 Å². The lowest BCUT2D eigenvalue weighted by molar-refractivity contribution is 0.0381. The molecule has 1 unspecified atom stereocenters. The highest BCUT2D eigenvalue weighted by atomic mass is 16.5. The number of hydrogen-bond donors (Lipinski definition) is 2. The van der Waals surface area contributed by atoms with E-state index in [1.54, 1.807) is 6.07 Å². The molecule has 0 radical (unpaired) electrons. The van der Waals surface area contributed by atoms with Crippen molar-refractivity contribution in [3.05, 3.63) is 17.8 Å². The summed E-state index contributed by atoms with van der Waals surface area (Å²) in [5, 5.41) is 29.2. The van der Waals surface area contributed by atoms with Crippen LogP contribution in [0.25, 0.3) is 0 Å². The van der Waals surface area contributed by atoms with Gasteiger partial charge in [-0.1, -0.05) is 0 Å². The maximum atomic E-state index is 10.00. The van der Waals surface area contributed by atoms with E-state index in [0.29, 0.717) is 37.6 Å². The summed E-state index contributed by atoms with van der Waals surface area (Å²) in [7, 11) is 0. The number of ether oxygens (including phenoxy) is 1. The van der Waals surface area contributed by atoms with Crippen molar-refractivity contribution < 1.29 is 9.84 Å². The largest absolute Gasteiger partial charge is 0.386 e. The second-order valence-corrected chi connectivity index (χ2v) is 3.79. The van der Waals surface area contributed by atoms with Crippen LogP contribution in [0.4, 0.5) is 5.82 Å². The number of nitrogens with zero attached hydrogens (tertiary/aromatic N) is 3.